The molecule has 0 bridgehead atoms. The summed E-state index contributed by atoms with van der Waals surface area (Å²) in [6.07, 6.45) is -4.45. The molecule has 8 heteroatoms. The van der Waals surface area contributed by atoms with Gasteiger partial charge in [0.15, 0.2) is 0 Å². The van der Waals surface area contributed by atoms with E-state index in [2.05, 4.69) is 10.3 Å². The largest absolute Gasteiger partial charge is 0.416 e. The van der Waals surface area contributed by atoms with E-state index in [0.29, 0.717) is 16.3 Å². The van der Waals surface area contributed by atoms with Gasteiger partial charge in [0, 0.05) is 16.6 Å². The molecule has 0 atom stereocenters. The van der Waals surface area contributed by atoms with Crippen molar-refractivity contribution in [1.29, 1.82) is 5.26 Å². The fourth-order valence-corrected chi connectivity index (χ4v) is 3.00. The topological polar surface area (TPSA) is 65.8 Å². The van der Waals surface area contributed by atoms with Crippen molar-refractivity contribution in [2.75, 3.05) is 5.32 Å². The van der Waals surface area contributed by atoms with E-state index in [4.69, 9.17) is 5.26 Å². The van der Waals surface area contributed by atoms with E-state index in [9.17, 15) is 18.0 Å². The zero-order valence-corrected chi connectivity index (χ0v) is 13.9. The lowest BCUT2D eigenvalue weighted by molar-refractivity contribution is -0.137. The fourth-order valence-electron chi connectivity index (χ4n) is 2.20. The second-order valence-electron chi connectivity index (χ2n) is 5.26. The van der Waals surface area contributed by atoms with Crippen LogP contribution in [0.2, 0.25) is 0 Å². The second kappa shape index (κ2) is 6.98. The lowest BCUT2D eigenvalue weighted by atomic mass is 10.1. The number of thiazole rings is 1. The Kier molecular flexibility index (Phi) is 4.73. The minimum atomic E-state index is -4.45. The molecule has 4 nitrogen and oxygen atoms in total. The summed E-state index contributed by atoms with van der Waals surface area (Å²) < 4.78 is 38.5. The van der Waals surface area contributed by atoms with Crippen molar-refractivity contribution in [3.05, 3.63) is 70.7 Å². The van der Waals surface area contributed by atoms with Crippen molar-refractivity contribution in [2.24, 2.45) is 0 Å². The average Bonchev–Trinajstić information content (AvgIpc) is 3.11. The van der Waals surface area contributed by atoms with Crippen molar-refractivity contribution < 1.29 is 18.0 Å². The summed E-state index contributed by atoms with van der Waals surface area (Å²) in [5, 5.41) is 13.3. The molecule has 0 unspecified atom stereocenters. The van der Waals surface area contributed by atoms with Gasteiger partial charge in [-0.15, -0.1) is 11.3 Å². The number of hydrogen-bond donors (Lipinski definition) is 1. The second-order valence-corrected chi connectivity index (χ2v) is 6.12. The predicted octanol–water partition coefficient (Wildman–Crippen LogP) is 4.95. The Morgan fingerprint density at radius 3 is 2.65 bits per heavy atom. The van der Waals surface area contributed by atoms with Gasteiger partial charge in [0.25, 0.3) is 5.91 Å². The van der Waals surface area contributed by atoms with Crippen LogP contribution in [0.25, 0.3) is 10.6 Å². The van der Waals surface area contributed by atoms with Gasteiger partial charge >= 0.3 is 6.18 Å². The highest BCUT2D eigenvalue weighted by atomic mass is 32.1. The summed E-state index contributed by atoms with van der Waals surface area (Å²) in [5.74, 6) is -0.505. The maximum absolute atomic E-state index is 12.8. The summed E-state index contributed by atoms with van der Waals surface area (Å²) in [6, 6.07) is 13.1. The maximum atomic E-state index is 12.8. The first-order valence-corrected chi connectivity index (χ1v) is 8.19. The van der Waals surface area contributed by atoms with Gasteiger partial charge in [0.1, 0.15) is 10.7 Å². The molecule has 0 spiro atoms. The lowest BCUT2D eigenvalue weighted by Gasteiger charge is -2.07. The van der Waals surface area contributed by atoms with Crippen LogP contribution in [0.3, 0.4) is 0 Å². The molecule has 2 aromatic carbocycles. The van der Waals surface area contributed by atoms with Crippen molar-refractivity contribution in [2.45, 2.75) is 6.18 Å². The summed E-state index contributed by atoms with van der Waals surface area (Å²) in [4.78, 5) is 16.4. The molecule has 0 radical (unpaired) electrons. The number of nitrogens with one attached hydrogen (secondary N) is 1. The smallest absolute Gasteiger partial charge is 0.321 e. The number of halogens is 3. The highest BCUT2D eigenvalue weighted by molar-refractivity contribution is 7.13. The zero-order chi connectivity index (χ0) is 18.7. The fraction of sp³-hybridized carbons (Fsp3) is 0.0556. The normalized spacial score (nSPS) is 11.0. The van der Waals surface area contributed by atoms with Crippen LogP contribution in [-0.2, 0) is 6.18 Å². The monoisotopic (exact) mass is 373 g/mol. The van der Waals surface area contributed by atoms with Crippen LogP contribution in [0.5, 0.6) is 0 Å². The summed E-state index contributed by atoms with van der Waals surface area (Å²) >= 11 is 1.08. The minimum Gasteiger partial charge on any atom is -0.321 e. The molecule has 0 fully saturated rings. The Morgan fingerprint density at radius 2 is 1.92 bits per heavy atom. The number of hydrogen-bond acceptors (Lipinski definition) is 4. The first kappa shape index (κ1) is 17.6. The molecule has 0 aliphatic heterocycles. The van der Waals surface area contributed by atoms with E-state index in [1.165, 1.54) is 23.6 Å². The Labute approximate surface area is 150 Å². The first-order valence-electron chi connectivity index (χ1n) is 7.31. The van der Waals surface area contributed by atoms with Crippen molar-refractivity contribution in [1.82, 2.24) is 4.98 Å². The van der Waals surface area contributed by atoms with E-state index in [0.717, 1.165) is 23.5 Å². The van der Waals surface area contributed by atoms with Gasteiger partial charge in [-0.1, -0.05) is 18.2 Å². The van der Waals surface area contributed by atoms with Crippen molar-refractivity contribution in [3.63, 3.8) is 0 Å². The molecular weight excluding hydrogens is 363 g/mol. The summed E-state index contributed by atoms with van der Waals surface area (Å²) in [6.45, 7) is 0. The van der Waals surface area contributed by atoms with Crippen molar-refractivity contribution in [3.8, 4) is 16.6 Å². The number of nitrogens with zero attached hydrogens (tertiary/aromatic N) is 2. The van der Waals surface area contributed by atoms with Gasteiger partial charge in [-0.05, 0) is 30.3 Å². The highest BCUT2D eigenvalue weighted by Gasteiger charge is 2.30. The molecule has 0 saturated heterocycles. The number of anilines is 1. The molecule has 26 heavy (non-hydrogen) atoms. The summed E-state index contributed by atoms with van der Waals surface area (Å²) in [7, 11) is 0. The van der Waals surface area contributed by atoms with Crippen LogP contribution < -0.4 is 5.32 Å². The van der Waals surface area contributed by atoms with Gasteiger partial charge in [-0.2, -0.15) is 18.4 Å². The molecule has 1 N–H and O–H groups in total. The van der Waals surface area contributed by atoms with Gasteiger partial charge in [0.05, 0.1) is 17.2 Å². The molecule has 1 aromatic heterocycles. The molecule has 0 aliphatic rings. The Balaban J connectivity index is 1.81. The standard InChI is InChI=1S/C18H10F3N3OS/c19-18(20,21)13-5-2-4-12(8-13)17-24-15(10-26-17)16(25)23-14-6-1-3-11(7-14)9-22/h1-8,10H,(H,23,25). The van der Waals surface area contributed by atoms with Gasteiger partial charge < -0.3 is 5.32 Å². The minimum absolute atomic E-state index is 0.0878. The number of nitriles is 1. The Morgan fingerprint density at radius 1 is 1.15 bits per heavy atom. The number of rotatable bonds is 3. The van der Waals surface area contributed by atoms with Gasteiger partial charge in [-0.3, -0.25) is 4.79 Å². The molecule has 3 rings (SSSR count). The molecule has 1 amide bonds. The van der Waals surface area contributed by atoms with Crippen molar-refractivity contribution >= 4 is 22.9 Å². The van der Waals surface area contributed by atoms with E-state index in [1.807, 2.05) is 6.07 Å². The van der Waals surface area contributed by atoms with Crippen LogP contribution in [0.15, 0.2) is 53.9 Å². The van der Waals surface area contributed by atoms with Gasteiger partial charge in [-0.25, -0.2) is 4.98 Å². The van der Waals surface area contributed by atoms with E-state index in [-0.39, 0.29) is 11.3 Å². The van der Waals surface area contributed by atoms with E-state index < -0.39 is 17.6 Å². The molecule has 0 aliphatic carbocycles. The van der Waals surface area contributed by atoms with Crippen LogP contribution in [0, 0.1) is 11.3 Å². The number of aromatic nitrogens is 1. The third kappa shape index (κ3) is 3.90. The predicted molar refractivity (Wildman–Crippen MR) is 91.7 cm³/mol. The van der Waals surface area contributed by atoms with E-state index >= 15 is 0 Å². The third-order valence-corrected chi connectivity index (χ3v) is 4.31. The van der Waals surface area contributed by atoms with Crippen LogP contribution in [0.1, 0.15) is 21.6 Å². The average molecular weight is 373 g/mol. The van der Waals surface area contributed by atoms with E-state index in [1.54, 1.807) is 18.2 Å². The van der Waals surface area contributed by atoms with Crippen LogP contribution >= 0.6 is 11.3 Å². The highest BCUT2D eigenvalue weighted by Crippen LogP contribution is 2.33. The maximum Gasteiger partial charge on any atom is 0.416 e. The molecule has 3 aromatic rings. The third-order valence-electron chi connectivity index (χ3n) is 3.42. The molecule has 130 valence electrons. The van der Waals surface area contributed by atoms with Crippen LogP contribution in [0.4, 0.5) is 18.9 Å². The SMILES string of the molecule is N#Cc1cccc(NC(=O)c2csc(-c3cccc(C(F)(F)F)c3)n2)c1. The Bertz CT molecular complexity index is 1010. The van der Waals surface area contributed by atoms with Crippen LogP contribution in [-0.4, -0.2) is 10.9 Å². The number of amides is 1. The molecule has 1 heterocycles. The summed E-state index contributed by atoms with van der Waals surface area (Å²) in [5.41, 5.74) is 0.429. The molecular formula is C18H10F3N3OS. The quantitative estimate of drug-likeness (QED) is 0.706. The first-order chi connectivity index (χ1) is 12.4. The van der Waals surface area contributed by atoms with Gasteiger partial charge in [0.2, 0.25) is 0 Å². The number of carbonyl (C=O) groups is 1. The molecule has 0 saturated carbocycles. The number of benzene rings is 2. The number of alkyl halides is 3. The number of carbonyl (C=O) groups excluding carboxylic acids is 1. The Hall–Kier alpha value is -3.18. The zero-order valence-electron chi connectivity index (χ0n) is 13.0. The lowest BCUT2D eigenvalue weighted by Crippen LogP contribution is -2.12.